The molecule has 182 valence electrons. The number of rotatable bonds is 6. The number of nitrogens with one attached hydrogen (secondary N) is 1. The van der Waals surface area contributed by atoms with Crippen LogP contribution >= 0.6 is 15.9 Å². The molecule has 9 heteroatoms. The Labute approximate surface area is 208 Å². The minimum atomic E-state index is -0.487. The molecule has 1 amide bonds. The second kappa shape index (κ2) is 10.3. The number of hydrogen-bond donors (Lipinski definition) is 1. The molecule has 1 aliphatic rings. The van der Waals surface area contributed by atoms with Gasteiger partial charge in [0, 0.05) is 19.1 Å². The van der Waals surface area contributed by atoms with Gasteiger partial charge < -0.3 is 19.7 Å². The van der Waals surface area contributed by atoms with Crippen molar-refractivity contribution in [3.8, 4) is 0 Å². The number of hydrogen-bond acceptors (Lipinski definition) is 6. The first-order valence-electron chi connectivity index (χ1n) is 11.6. The number of aromatic nitrogens is 3. The maximum Gasteiger partial charge on any atom is 0.410 e. The average molecular weight is 530 g/mol. The van der Waals surface area contributed by atoms with E-state index >= 15 is 0 Å². The predicted molar refractivity (Wildman–Crippen MR) is 136 cm³/mol. The van der Waals surface area contributed by atoms with Crippen LogP contribution in [-0.2, 0) is 16.2 Å². The second-order valence-electron chi connectivity index (χ2n) is 9.56. The standard InChI is InChI=1S/C25H32BrN5O3/c1-17(19-9-7-11-22(26)28-19)33-16-31-21-10-6-5-8-20(21)29-23(31)27-18-12-14-30(15-13-18)24(32)34-25(2,3)4/h5-11,17-18H,12-16H2,1-4H3,(H,27,29). The van der Waals surface area contributed by atoms with Gasteiger partial charge in [0.1, 0.15) is 16.9 Å². The molecule has 0 aliphatic carbocycles. The fourth-order valence-corrected chi connectivity index (χ4v) is 4.31. The van der Waals surface area contributed by atoms with Gasteiger partial charge in [-0.05, 0) is 80.7 Å². The Kier molecular flexibility index (Phi) is 7.42. The van der Waals surface area contributed by atoms with Gasteiger partial charge in [-0.3, -0.25) is 4.57 Å². The van der Waals surface area contributed by atoms with E-state index in [0.717, 1.165) is 40.1 Å². The first-order chi connectivity index (χ1) is 16.2. The summed E-state index contributed by atoms with van der Waals surface area (Å²) in [7, 11) is 0. The third-order valence-electron chi connectivity index (χ3n) is 5.74. The predicted octanol–water partition coefficient (Wildman–Crippen LogP) is 5.74. The Bertz CT molecular complexity index is 1140. The number of benzene rings is 1. The van der Waals surface area contributed by atoms with Crippen molar-refractivity contribution < 1.29 is 14.3 Å². The molecule has 0 bridgehead atoms. The van der Waals surface area contributed by atoms with Crippen LogP contribution in [0.5, 0.6) is 0 Å². The third kappa shape index (κ3) is 6.07. The monoisotopic (exact) mass is 529 g/mol. The number of carbonyl (C=O) groups excluding carboxylic acids is 1. The normalized spacial score (nSPS) is 16.0. The van der Waals surface area contributed by atoms with Crippen LogP contribution in [0.15, 0.2) is 47.1 Å². The van der Waals surface area contributed by atoms with Crippen molar-refractivity contribution in [2.45, 2.75) is 65.0 Å². The number of anilines is 1. The van der Waals surface area contributed by atoms with Crippen molar-refractivity contribution in [1.82, 2.24) is 19.4 Å². The van der Waals surface area contributed by atoms with Gasteiger partial charge in [-0.25, -0.2) is 14.8 Å². The van der Waals surface area contributed by atoms with Crippen molar-refractivity contribution in [3.63, 3.8) is 0 Å². The molecule has 0 radical (unpaired) electrons. The van der Waals surface area contributed by atoms with Gasteiger partial charge in [-0.15, -0.1) is 0 Å². The number of fused-ring (bicyclic) bond motifs is 1. The number of imidazole rings is 1. The zero-order chi connectivity index (χ0) is 24.3. The van der Waals surface area contributed by atoms with E-state index in [9.17, 15) is 4.79 Å². The minimum Gasteiger partial charge on any atom is -0.444 e. The van der Waals surface area contributed by atoms with Gasteiger partial charge in [0.2, 0.25) is 5.95 Å². The zero-order valence-electron chi connectivity index (χ0n) is 20.1. The Morgan fingerprint density at radius 2 is 1.88 bits per heavy atom. The maximum absolute atomic E-state index is 12.4. The van der Waals surface area contributed by atoms with Crippen molar-refractivity contribution in [3.05, 3.63) is 52.8 Å². The van der Waals surface area contributed by atoms with E-state index in [4.69, 9.17) is 14.5 Å². The summed E-state index contributed by atoms with van der Waals surface area (Å²) < 4.78 is 14.5. The first-order valence-corrected chi connectivity index (χ1v) is 12.4. The van der Waals surface area contributed by atoms with Crippen LogP contribution in [0.3, 0.4) is 0 Å². The van der Waals surface area contributed by atoms with Gasteiger partial charge in [-0.2, -0.15) is 0 Å². The topological polar surface area (TPSA) is 81.5 Å². The molecule has 1 N–H and O–H groups in total. The quantitative estimate of drug-likeness (QED) is 0.410. The highest BCUT2D eigenvalue weighted by molar-refractivity contribution is 9.10. The summed E-state index contributed by atoms with van der Waals surface area (Å²) in [6.45, 7) is 9.30. The van der Waals surface area contributed by atoms with Gasteiger partial charge in [0.05, 0.1) is 22.8 Å². The molecule has 1 aromatic carbocycles. The van der Waals surface area contributed by atoms with Gasteiger partial charge in [0.15, 0.2) is 0 Å². The number of piperidine rings is 1. The van der Waals surface area contributed by atoms with E-state index in [1.54, 1.807) is 4.90 Å². The zero-order valence-corrected chi connectivity index (χ0v) is 21.7. The summed E-state index contributed by atoms with van der Waals surface area (Å²) in [4.78, 5) is 23.5. The molecule has 34 heavy (non-hydrogen) atoms. The number of pyridine rings is 1. The lowest BCUT2D eigenvalue weighted by Gasteiger charge is -2.34. The van der Waals surface area contributed by atoms with E-state index in [-0.39, 0.29) is 18.2 Å². The molecule has 1 atom stereocenters. The second-order valence-corrected chi connectivity index (χ2v) is 10.4. The number of nitrogens with zero attached hydrogens (tertiary/aromatic N) is 4. The number of likely N-dealkylation sites (tertiary alicyclic amines) is 1. The van der Waals surface area contributed by atoms with E-state index in [0.29, 0.717) is 19.8 Å². The van der Waals surface area contributed by atoms with Crippen LogP contribution in [0.25, 0.3) is 11.0 Å². The molecule has 1 saturated heterocycles. The van der Waals surface area contributed by atoms with Crippen LogP contribution in [-0.4, -0.2) is 50.3 Å². The highest BCUT2D eigenvalue weighted by Crippen LogP contribution is 2.25. The Morgan fingerprint density at radius 1 is 1.15 bits per heavy atom. The molecular formula is C25H32BrN5O3. The van der Waals surface area contributed by atoms with Crippen molar-refractivity contribution >= 4 is 39.0 Å². The highest BCUT2D eigenvalue weighted by Gasteiger charge is 2.27. The number of carbonyl (C=O) groups is 1. The van der Waals surface area contributed by atoms with Crippen molar-refractivity contribution in [1.29, 1.82) is 0 Å². The molecule has 3 aromatic rings. The maximum atomic E-state index is 12.4. The number of halogens is 1. The van der Waals surface area contributed by atoms with Crippen LogP contribution < -0.4 is 5.32 Å². The van der Waals surface area contributed by atoms with E-state index in [1.165, 1.54) is 0 Å². The van der Waals surface area contributed by atoms with E-state index in [1.807, 2.05) is 70.2 Å². The molecule has 2 aromatic heterocycles. The lowest BCUT2D eigenvalue weighted by Crippen LogP contribution is -2.44. The Hall–Kier alpha value is -2.65. The van der Waals surface area contributed by atoms with Crippen molar-refractivity contribution in [2.24, 2.45) is 0 Å². The van der Waals surface area contributed by atoms with Crippen LogP contribution in [0.1, 0.15) is 52.3 Å². The first kappa shape index (κ1) is 24.5. The molecule has 1 unspecified atom stereocenters. The molecule has 0 saturated carbocycles. The largest absolute Gasteiger partial charge is 0.444 e. The summed E-state index contributed by atoms with van der Waals surface area (Å²) >= 11 is 3.42. The lowest BCUT2D eigenvalue weighted by atomic mass is 10.1. The fourth-order valence-electron chi connectivity index (χ4n) is 3.95. The van der Waals surface area contributed by atoms with Crippen molar-refractivity contribution in [2.75, 3.05) is 18.4 Å². The molecule has 8 nitrogen and oxygen atoms in total. The molecule has 1 fully saturated rings. The smallest absolute Gasteiger partial charge is 0.410 e. The summed E-state index contributed by atoms with van der Waals surface area (Å²) in [5, 5.41) is 3.59. The number of ether oxygens (including phenoxy) is 2. The highest BCUT2D eigenvalue weighted by atomic mass is 79.9. The number of amides is 1. The Morgan fingerprint density at radius 3 is 2.59 bits per heavy atom. The minimum absolute atomic E-state index is 0.177. The summed E-state index contributed by atoms with van der Waals surface area (Å²) in [6, 6.07) is 14.1. The summed E-state index contributed by atoms with van der Waals surface area (Å²) in [5.74, 6) is 0.770. The Balaban J connectivity index is 1.43. The molecule has 4 rings (SSSR count). The van der Waals surface area contributed by atoms with Crippen LogP contribution in [0, 0.1) is 0 Å². The van der Waals surface area contributed by atoms with E-state index < -0.39 is 5.60 Å². The molecule has 1 aliphatic heterocycles. The van der Waals surface area contributed by atoms with Gasteiger partial charge in [0.25, 0.3) is 0 Å². The summed E-state index contributed by atoms with van der Waals surface area (Å²) in [6.07, 6.45) is 1.22. The third-order valence-corrected chi connectivity index (χ3v) is 6.18. The summed E-state index contributed by atoms with van der Waals surface area (Å²) in [5.41, 5.74) is 2.29. The fraction of sp³-hybridized carbons (Fsp3) is 0.480. The SMILES string of the molecule is CC(OCn1c(NC2CCN(C(=O)OC(C)(C)C)CC2)nc2ccccc21)c1cccc(Br)n1. The van der Waals surface area contributed by atoms with Gasteiger partial charge in [-0.1, -0.05) is 18.2 Å². The number of para-hydroxylation sites is 2. The van der Waals surface area contributed by atoms with Gasteiger partial charge >= 0.3 is 6.09 Å². The molecule has 0 spiro atoms. The lowest BCUT2D eigenvalue weighted by molar-refractivity contribution is 0.0169. The molecule has 3 heterocycles. The van der Waals surface area contributed by atoms with Crippen LogP contribution in [0.2, 0.25) is 0 Å². The van der Waals surface area contributed by atoms with Crippen LogP contribution in [0.4, 0.5) is 10.7 Å². The van der Waals surface area contributed by atoms with E-state index in [2.05, 4.69) is 30.8 Å². The average Bonchev–Trinajstić information content (AvgIpc) is 3.13. The molecular weight excluding hydrogens is 498 g/mol.